The Morgan fingerprint density at radius 2 is 2.16 bits per heavy atom. The van der Waals surface area contributed by atoms with Crippen molar-refractivity contribution < 1.29 is 9.53 Å². The summed E-state index contributed by atoms with van der Waals surface area (Å²) >= 11 is 1.41. The van der Waals surface area contributed by atoms with Crippen LogP contribution in [0.25, 0.3) is 22.4 Å². The number of ether oxygens (including phenoxy) is 1. The smallest absolute Gasteiger partial charge is 0.229 e. The van der Waals surface area contributed by atoms with Crippen molar-refractivity contribution in [1.29, 1.82) is 0 Å². The zero-order chi connectivity index (χ0) is 17.2. The highest BCUT2D eigenvalue weighted by Crippen LogP contribution is 2.30. The number of H-pyrrole nitrogens is 1. The normalized spacial score (nSPS) is 20.7. The molecular formula is C17H19N5O2S. The second-order valence-corrected chi connectivity index (χ2v) is 7.06. The fraction of sp³-hybridized carbons (Fsp3) is 0.412. The number of fused-ring (bicyclic) bond motifs is 1. The van der Waals surface area contributed by atoms with Gasteiger partial charge in [0.25, 0.3) is 0 Å². The third-order valence-corrected chi connectivity index (χ3v) is 5.47. The number of hydrogen-bond acceptors (Lipinski definition) is 6. The Bertz CT molecular complexity index is 882. The van der Waals surface area contributed by atoms with Crippen molar-refractivity contribution in [3.05, 3.63) is 24.0 Å². The van der Waals surface area contributed by atoms with E-state index in [9.17, 15) is 4.79 Å². The molecule has 1 amide bonds. The van der Waals surface area contributed by atoms with Crippen molar-refractivity contribution in [2.75, 3.05) is 12.4 Å². The van der Waals surface area contributed by atoms with Gasteiger partial charge in [0.2, 0.25) is 5.91 Å². The molecule has 1 fully saturated rings. The van der Waals surface area contributed by atoms with Crippen molar-refractivity contribution in [3.63, 3.8) is 0 Å². The van der Waals surface area contributed by atoms with Crippen LogP contribution in [0.1, 0.15) is 25.7 Å². The Balaban J connectivity index is 1.47. The molecular weight excluding hydrogens is 338 g/mol. The molecule has 8 heteroatoms. The van der Waals surface area contributed by atoms with Gasteiger partial charge in [-0.1, -0.05) is 0 Å². The monoisotopic (exact) mass is 357 g/mol. The fourth-order valence-corrected chi connectivity index (χ4v) is 3.98. The number of carbonyl (C=O) groups is 1. The molecule has 7 nitrogen and oxygen atoms in total. The van der Waals surface area contributed by atoms with Crippen LogP contribution in [0.4, 0.5) is 5.13 Å². The van der Waals surface area contributed by atoms with Gasteiger partial charge in [-0.25, -0.2) is 15.0 Å². The molecule has 3 heterocycles. The van der Waals surface area contributed by atoms with Crippen LogP contribution in [0.5, 0.6) is 0 Å². The lowest BCUT2D eigenvalue weighted by Crippen LogP contribution is -2.29. The van der Waals surface area contributed by atoms with Crippen LogP contribution in [0.2, 0.25) is 0 Å². The van der Waals surface area contributed by atoms with E-state index in [1.165, 1.54) is 17.7 Å². The van der Waals surface area contributed by atoms with E-state index >= 15 is 0 Å². The summed E-state index contributed by atoms with van der Waals surface area (Å²) in [6.07, 6.45) is 7.22. The standard InChI is InChI=1S/C17H19N5O2S/c1-24-11-4-2-10(3-5-11)16(23)22-17-21-13(8-25-17)14-12-6-7-18-15(12)20-9-19-14/h6-11H,2-5H2,1H3,(H,18,19,20)(H,21,22,23). The van der Waals surface area contributed by atoms with E-state index in [-0.39, 0.29) is 17.9 Å². The molecule has 1 aliphatic carbocycles. The molecule has 25 heavy (non-hydrogen) atoms. The third kappa shape index (κ3) is 3.27. The second-order valence-electron chi connectivity index (χ2n) is 6.20. The van der Waals surface area contributed by atoms with Gasteiger partial charge < -0.3 is 15.0 Å². The molecule has 0 bridgehead atoms. The zero-order valence-electron chi connectivity index (χ0n) is 13.9. The van der Waals surface area contributed by atoms with Crippen LogP contribution in [-0.2, 0) is 9.53 Å². The average molecular weight is 357 g/mol. The highest BCUT2D eigenvalue weighted by molar-refractivity contribution is 7.14. The lowest BCUT2D eigenvalue weighted by atomic mass is 9.87. The van der Waals surface area contributed by atoms with E-state index in [0.717, 1.165) is 48.1 Å². The summed E-state index contributed by atoms with van der Waals surface area (Å²) in [5, 5.41) is 6.39. The number of thiazole rings is 1. The van der Waals surface area contributed by atoms with E-state index in [4.69, 9.17) is 4.74 Å². The van der Waals surface area contributed by atoms with Gasteiger partial charge in [-0.3, -0.25) is 4.79 Å². The maximum absolute atomic E-state index is 12.5. The number of aromatic amines is 1. The van der Waals surface area contributed by atoms with Crippen LogP contribution in [0.3, 0.4) is 0 Å². The van der Waals surface area contributed by atoms with Crippen LogP contribution in [0, 0.1) is 5.92 Å². The van der Waals surface area contributed by atoms with Gasteiger partial charge in [-0.2, -0.15) is 0 Å². The number of hydrogen-bond donors (Lipinski definition) is 2. The minimum Gasteiger partial charge on any atom is -0.381 e. The topological polar surface area (TPSA) is 92.8 Å². The lowest BCUT2D eigenvalue weighted by Gasteiger charge is -2.26. The summed E-state index contributed by atoms with van der Waals surface area (Å²) in [6.45, 7) is 0. The molecule has 4 rings (SSSR count). The molecule has 3 aromatic rings. The second kappa shape index (κ2) is 6.89. The molecule has 130 valence electrons. The quantitative estimate of drug-likeness (QED) is 0.748. The first-order valence-electron chi connectivity index (χ1n) is 8.32. The molecule has 3 aromatic heterocycles. The van der Waals surface area contributed by atoms with Gasteiger partial charge in [0, 0.05) is 30.0 Å². The van der Waals surface area contributed by atoms with Crippen LogP contribution < -0.4 is 5.32 Å². The van der Waals surface area contributed by atoms with E-state index in [1.54, 1.807) is 7.11 Å². The summed E-state index contributed by atoms with van der Waals surface area (Å²) in [5.74, 6) is 0.0825. The SMILES string of the molecule is COC1CCC(C(=O)Nc2nc(-c3ncnc4[nH]ccc34)cs2)CC1. The zero-order valence-corrected chi connectivity index (χ0v) is 14.7. The van der Waals surface area contributed by atoms with Crippen molar-refractivity contribution in [1.82, 2.24) is 19.9 Å². The summed E-state index contributed by atoms with van der Waals surface area (Å²) in [6, 6.07) is 1.93. The number of rotatable bonds is 4. The number of nitrogens with one attached hydrogen (secondary N) is 2. The molecule has 0 atom stereocenters. The average Bonchev–Trinajstić information content (AvgIpc) is 3.30. The molecule has 1 aliphatic rings. The van der Waals surface area contributed by atoms with Crippen molar-refractivity contribution in [2.24, 2.45) is 5.92 Å². The highest BCUT2D eigenvalue weighted by atomic mass is 32.1. The third-order valence-electron chi connectivity index (χ3n) is 4.71. The maximum Gasteiger partial charge on any atom is 0.229 e. The number of nitrogens with zero attached hydrogens (tertiary/aromatic N) is 3. The summed E-state index contributed by atoms with van der Waals surface area (Å²) in [4.78, 5) is 28.6. The first-order chi connectivity index (χ1) is 12.2. The highest BCUT2D eigenvalue weighted by Gasteiger charge is 2.26. The Hall–Kier alpha value is -2.32. The Morgan fingerprint density at radius 1 is 1.32 bits per heavy atom. The van der Waals surface area contributed by atoms with Gasteiger partial charge in [-0.05, 0) is 31.7 Å². The first kappa shape index (κ1) is 16.2. The molecule has 0 spiro atoms. The first-order valence-corrected chi connectivity index (χ1v) is 9.20. The van der Waals surface area contributed by atoms with Crippen LogP contribution in [-0.4, -0.2) is 39.1 Å². The maximum atomic E-state index is 12.5. The van der Waals surface area contributed by atoms with Crippen molar-refractivity contribution in [2.45, 2.75) is 31.8 Å². The Kier molecular flexibility index (Phi) is 4.46. The molecule has 0 aliphatic heterocycles. The summed E-state index contributed by atoms with van der Waals surface area (Å²) in [5.41, 5.74) is 2.29. The Morgan fingerprint density at radius 3 is 2.96 bits per heavy atom. The lowest BCUT2D eigenvalue weighted by molar-refractivity contribution is -0.121. The van der Waals surface area contributed by atoms with Crippen LogP contribution >= 0.6 is 11.3 Å². The minimum absolute atomic E-state index is 0.0363. The van der Waals surface area contributed by atoms with E-state index in [0.29, 0.717) is 5.13 Å². The van der Waals surface area contributed by atoms with Gasteiger partial charge in [0.05, 0.1) is 6.10 Å². The Labute approximate surface area is 148 Å². The van der Waals surface area contributed by atoms with Crippen molar-refractivity contribution >= 4 is 33.4 Å². The van der Waals surface area contributed by atoms with Gasteiger partial charge in [0.15, 0.2) is 5.13 Å². The van der Waals surface area contributed by atoms with Gasteiger partial charge in [-0.15, -0.1) is 11.3 Å². The number of amides is 1. The van der Waals surface area contributed by atoms with Crippen molar-refractivity contribution in [3.8, 4) is 11.4 Å². The predicted molar refractivity (Wildman–Crippen MR) is 96.4 cm³/mol. The molecule has 0 radical (unpaired) electrons. The molecule has 0 aromatic carbocycles. The molecule has 0 unspecified atom stereocenters. The van der Waals surface area contributed by atoms with Gasteiger partial charge in [0.1, 0.15) is 23.4 Å². The van der Waals surface area contributed by atoms with E-state index < -0.39 is 0 Å². The van der Waals surface area contributed by atoms with Gasteiger partial charge >= 0.3 is 0 Å². The number of aromatic nitrogens is 4. The summed E-state index contributed by atoms with van der Waals surface area (Å²) in [7, 11) is 1.73. The number of anilines is 1. The van der Waals surface area contributed by atoms with E-state index in [1.807, 2.05) is 17.6 Å². The van der Waals surface area contributed by atoms with Crippen LogP contribution in [0.15, 0.2) is 24.0 Å². The molecule has 1 saturated carbocycles. The number of methoxy groups -OCH3 is 1. The summed E-state index contributed by atoms with van der Waals surface area (Å²) < 4.78 is 5.36. The predicted octanol–water partition coefficient (Wildman–Crippen LogP) is 3.23. The minimum atomic E-state index is 0.0363. The molecule has 2 N–H and O–H groups in total. The molecule has 0 saturated heterocycles. The van der Waals surface area contributed by atoms with E-state index in [2.05, 4.69) is 25.3 Å². The largest absolute Gasteiger partial charge is 0.381 e. The fourth-order valence-electron chi connectivity index (χ4n) is 3.28. The number of carbonyl (C=O) groups excluding carboxylic acids is 1.